The Morgan fingerprint density at radius 3 is 2.36 bits per heavy atom. The third kappa shape index (κ3) is 3.40. The Kier molecular flexibility index (Phi) is 6.93. The lowest BCUT2D eigenvalue weighted by Gasteiger charge is -2.50. The maximum atomic E-state index is 13.5. The lowest BCUT2D eigenvalue weighted by molar-refractivity contribution is -0.153. The highest BCUT2D eigenvalue weighted by Gasteiger charge is 2.64. The normalized spacial score (nSPS) is 28.5. The number of carbonyl (C=O) groups is 3. The molecular weight excluding hydrogens is 477 g/mol. The predicted octanol–water partition coefficient (Wildman–Crippen LogP) is 0.511. The molecule has 3 aliphatic rings. The van der Waals surface area contributed by atoms with Crippen molar-refractivity contribution < 1.29 is 34.8 Å². The number of amides is 1. The number of pyridine rings is 1. The summed E-state index contributed by atoms with van der Waals surface area (Å²) in [6.07, 6.45) is 1.79. The summed E-state index contributed by atoms with van der Waals surface area (Å²) in [5, 5.41) is 43.5. The molecule has 0 aliphatic heterocycles. The van der Waals surface area contributed by atoms with Gasteiger partial charge in [-0.1, -0.05) is 0 Å². The average Bonchev–Trinajstić information content (AvgIpc) is 2.67. The fourth-order valence-electron chi connectivity index (χ4n) is 5.20. The summed E-state index contributed by atoms with van der Waals surface area (Å²) in [7, 11) is 3.11. The van der Waals surface area contributed by atoms with Crippen molar-refractivity contribution in [2.45, 2.75) is 31.4 Å². The molecule has 4 rings (SSSR count). The Balaban J connectivity index is 0.00000193. The lowest BCUT2D eigenvalue weighted by Crippen LogP contribution is -2.65. The molecule has 0 radical (unpaired) electrons. The number of likely N-dealkylation sites (N-methyl/N-ethyl adjacent to an activating group) is 1. The minimum Gasteiger partial charge on any atom is -0.508 e. The highest BCUT2D eigenvalue weighted by atomic mass is 35.5. The molecule has 1 aromatic heterocycles. The van der Waals surface area contributed by atoms with Crippen molar-refractivity contribution in [3.8, 4) is 5.75 Å². The number of Topliss-reactive ketones (excluding diaryl/α,β-unsaturated/α-hetero) is 2. The molecule has 1 heterocycles. The SMILES string of the molecule is Cc1ncc2c(c1O)C(O)=C1C(=O)[C@]3(O)C(O)=C(C(N)=O)C(=O)[C@@H](N(C)C)[C@@H]3C[C@@H]1C2.Cl.Cl. The number of aliphatic hydroxyl groups is 3. The van der Waals surface area contributed by atoms with Crippen LogP contribution < -0.4 is 5.73 Å². The molecule has 1 saturated carbocycles. The van der Waals surface area contributed by atoms with Crippen LogP contribution in [-0.4, -0.2) is 73.5 Å². The summed E-state index contributed by atoms with van der Waals surface area (Å²) >= 11 is 0. The van der Waals surface area contributed by atoms with E-state index in [1.807, 2.05) is 0 Å². The molecule has 1 amide bonds. The molecule has 0 aromatic carbocycles. The van der Waals surface area contributed by atoms with Crippen LogP contribution in [0.1, 0.15) is 23.2 Å². The van der Waals surface area contributed by atoms with Gasteiger partial charge in [0.25, 0.3) is 5.91 Å². The first-order chi connectivity index (χ1) is 14.4. The Bertz CT molecular complexity index is 1130. The molecule has 12 heteroatoms. The largest absolute Gasteiger partial charge is 0.508 e. The number of primary amides is 1. The van der Waals surface area contributed by atoms with Crippen LogP contribution in [0.4, 0.5) is 0 Å². The second-order valence-corrected chi connectivity index (χ2v) is 8.55. The molecule has 0 saturated heterocycles. The molecule has 10 nitrogen and oxygen atoms in total. The van der Waals surface area contributed by atoms with E-state index in [-0.39, 0.29) is 60.2 Å². The van der Waals surface area contributed by atoms with Crippen molar-refractivity contribution >= 4 is 48.0 Å². The Morgan fingerprint density at radius 2 is 1.82 bits per heavy atom. The smallest absolute Gasteiger partial charge is 0.255 e. The summed E-state index contributed by atoms with van der Waals surface area (Å²) in [5.41, 5.74) is 2.47. The fraction of sp³-hybridized carbons (Fsp3) is 0.429. The van der Waals surface area contributed by atoms with E-state index < -0.39 is 58.0 Å². The monoisotopic (exact) mass is 501 g/mol. The highest BCUT2D eigenvalue weighted by Crippen LogP contribution is 2.52. The molecule has 1 fully saturated rings. The number of carbonyl (C=O) groups excluding carboxylic acids is 3. The van der Waals surface area contributed by atoms with Crippen LogP contribution in [0.15, 0.2) is 23.1 Å². The average molecular weight is 502 g/mol. The zero-order valence-corrected chi connectivity index (χ0v) is 19.7. The van der Waals surface area contributed by atoms with Gasteiger partial charge in [-0.2, -0.15) is 0 Å². The van der Waals surface area contributed by atoms with Crippen molar-refractivity contribution in [2.24, 2.45) is 17.6 Å². The number of nitrogens with two attached hydrogens (primary N) is 1. The molecule has 0 bridgehead atoms. The van der Waals surface area contributed by atoms with Crippen LogP contribution in [0.25, 0.3) is 5.76 Å². The topological polar surface area (TPSA) is 174 Å². The van der Waals surface area contributed by atoms with E-state index >= 15 is 0 Å². The van der Waals surface area contributed by atoms with Gasteiger partial charge in [-0.15, -0.1) is 24.8 Å². The van der Waals surface area contributed by atoms with Gasteiger partial charge in [-0.3, -0.25) is 24.3 Å². The van der Waals surface area contributed by atoms with Crippen LogP contribution in [-0.2, 0) is 20.8 Å². The van der Waals surface area contributed by atoms with Crippen LogP contribution in [0.3, 0.4) is 0 Å². The minimum absolute atomic E-state index is 0. The van der Waals surface area contributed by atoms with Crippen molar-refractivity contribution in [1.82, 2.24) is 9.88 Å². The number of nitrogens with zero attached hydrogens (tertiary/aromatic N) is 2. The zero-order valence-electron chi connectivity index (χ0n) is 18.0. The molecular formula is C21H25Cl2N3O7. The molecule has 0 unspecified atom stereocenters. The third-order valence-electron chi connectivity index (χ3n) is 6.64. The summed E-state index contributed by atoms with van der Waals surface area (Å²) in [6.45, 7) is 1.54. The number of rotatable bonds is 2. The molecule has 33 heavy (non-hydrogen) atoms. The van der Waals surface area contributed by atoms with E-state index in [1.54, 1.807) is 14.1 Å². The van der Waals surface area contributed by atoms with Crippen LogP contribution in [0, 0.1) is 18.8 Å². The number of aromatic hydroxyl groups is 1. The first-order valence-corrected chi connectivity index (χ1v) is 9.75. The van der Waals surface area contributed by atoms with Gasteiger partial charge in [-0.25, -0.2) is 0 Å². The molecule has 180 valence electrons. The highest BCUT2D eigenvalue weighted by molar-refractivity contribution is 6.24. The first-order valence-electron chi connectivity index (χ1n) is 9.75. The zero-order chi connectivity index (χ0) is 23.0. The quantitative estimate of drug-likeness (QED) is 0.361. The van der Waals surface area contributed by atoms with Gasteiger partial charge in [0.15, 0.2) is 11.4 Å². The molecule has 3 aliphatic carbocycles. The summed E-state index contributed by atoms with van der Waals surface area (Å²) < 4.78 is 0. The van der Waals surface area contributed by atoms with Gasteiger partial charge in [0.05, 0.1) is 17.3 Å². The fourth-order valence-corrected chi connectivity index (χ4v) is 5.20. The number of fused-ring (bicyclic) bond motifs is 3. The molecule has 1 aromatic rings. The second kappa shape index (κ2) is 8.60. The maximum Gasteiger partial charge on any atom is 0.255 e. The van der Waals surface area contributed by atoms with E-state index in [2.05, 4.69) is 4.98 Å². The Morgan fingerprint density at radius 1 is 1.21 bits per heavy atom. The van der Waals surface area contributed by atoms with E-state index in [9.17, 15) is 34.8 Å². The summed E-state index contributed by atoms with van der Waals surface area (Å²) in [6, 6.07) is -1.10. The van der Waals surface area contributed by atoms with Crippen LogP contribution in [0.5, 0.6) is 5.75 Å². The predicted molar refractivity (Wildman–Crippen MR) is 121 cm³/mol. The van der Waals surface area contributed by atoms with Gasteiger partial charge < -0.3 is 26.2 Å². The van der Waals surface area contributed by atoms with Crippen LogP contribution in [0.2, 0.25) is 0 Å². The Hall–Kier alpha value is -2.66. The van der Waals surface area contributed by atoms with Crippen molar-refractivity contribution in [2.75, 3.05) is 14.1 Å². The van der Waals surface area contributed by atoms with E-state index in [0.29, 0.717) is 5.56 Å². The summed E-state index contributed by atoms with van der Waals surface area (Å²) in [5.74, 6) is -6.64. The molecule has 4 atom stereocenters. The van der Waals surface area contributed by atoms with Gasteiger partial charge in [-0.05, 0) is 45.3 Å². The first kappa shape index (κ1) is 26.6. The van der Waals surface area contributed by atoms with Gasteiger partial charge in [0.1, 0.15) is 22.8 Å². The number of aryl methyl sites for hydroxylation is 1. The van der Waals surface area contributed by atoms with Crippen molar-refractivity contribution in [1.29, 1.82) is 0 Å². The van der Waals surface area contributed by atoms with Gasteiger partial charge in [0, 0.05) is 17.7 Å². The number of ketones is 2. The van der Waals surface area contributed by atoms with E-state index in [0.717, 1.165) is 0 Å². The lowest BCUT2D eigenvalue weighted by atomic mass is 9.57. The second-order valence-electron chi connectivity index (χ2n) is 8.55. The van der Waals surface area contributed by atoms with Crippen molar-refractivity contribution in [3.63, 3.8) is 0 Å². The van der Waals surface area contributed by atoms with Gasteiger partial charge >= 0.3 is 0 Å². The number of halogens is 2. The molecule has 0 spiro atoms. The summed E-state index contributed by atoms with van der Waals surface area (Å²) in [4.78, 5) is 43.9. The Labute approximate surface area is 201 Å². The minimum atomic E-state index is -2.62. The van der Waals surface area contributed by atoms with Gasteiger partial charge in [0.2, 0.25) is 5.78 Å². The van der Waals surface area contributed by atoms with Crippen LogP contribution >= 0.6 is 24.8 Å². The number of hydrogen-bond acceptors (Lipinski definition) is 9. The number of aromatic nitrogens is 1. The number of hydrogen-bond donors (Lipinski definition) is 5. The number of aliphatic hydroxyl groups excluding tert-OH is 2. The maximum absolute atomic E-state index is 13.5. The van der Waals surface area contributed by atoms with Crippen molar-refractivity contribution in [3.05, 3.63) is 39.9 Å². The molecule has 6 N–H and O–H groups in total. The third-order valence-corrected chi connectivity index (χ3v) is 6.64. The standard InChI is InChI=1S/C21H23N3O7.2ClH/c1-7-15(25)11-9(6-23-7)4-8-5-10-14(24(2)3)17(27)13(20(22)30)19(29)21(10,31)18(28)12(8)16(11)26;;/h6,8,10,14,25-26,29,31H,4-5H2,1-3H3,(H2,22,30);2*1H/t8-,10-,14-,21-;;/m0../s1. The van der Waals surface area contributed by atoms with E-state index in [1.165, 1.54) is 18.0 Å². The van der Waals surface area contributed by atoms with E-state index in [4.69, 9.17) is 5.73 Å².